The van der Waals surface area contributed by atoms with Gasteiger partial charge in [-0.05, 0) is 50.9 Å². The van der Waals surface area contributed by atoms with E-state index in [4.69, 9.17) is 9.26 Å². The summed E-state index contributed by atoms with van der Waals surface area (Å²) in [7, 11) is 1.64. The highest BCUT2D eigenvalue weighted by atomic mass is 16.5. The van der Waals surface area contributed by atoms with Gasteiger partial charge in [0, 0.05) is 12.1 Å². The summed E-state index contributed by atoms with van der Waals surface area (Å²) in [4.78, 5) is 2.28. The zero-order valence-corrected chi connectivity index (χ0v) is 14.0. The fourth-order valence-corrected chi connectivity index (χ4v) is 3.46. The maximum absolute atomic E-state index is 11.2. The van der Waals surface area contributed by atoms with Gasteiger partial charge in [0.15, 0.2) is 5.76 Å². The molecule has 0 unspecified atom stereocenters. The fourth-order valence-electron chi connectivity index (χ4n) is 3.46. The lowest BCUT2D eigenvalue weighted by Gasteiger charge is -2.36. The summed E-state index contributed by atoms with van der Waals surface area (Å²) < 4.78 is 10.5. The summed E-state index contributed by atoms with van der Waals surface area (Å²) in [6, 6.07) is 9.67. The molecule has 0 saturated carbocycles. The van der Waals surface area contributed by atoms with E-state index in [0.29, 0.717) is 6.54 Å². The van der Waals surface area contributed by atoms with Gasteiger partial charge in [0.25, 0.3) is 0 Å². The molecule has 1 saturated heterocycles. The van der Waals surface area contributed by atoms with Crippen molar-refractivity contribution >= 4 is 0 Å². The molecule has 1 aliphatic heterocycles. The minimum atomic E-state index is -0.919. The van der Waals surface area contributed by atoms with Crippen molar-refractivity contribution in [3.8, 4) is 5.75 Å². The summed E-state index contributed by atoms with van der Waals surface area (Å²) in [5.74, 6) is 1.64. The molecule has 0 amide bonds. The van der Waals surface area contributed by atoms with Gasteiger partial charge in [0.1, 0.15) is 11.4 Å². The Balaban J connectivity index is 1.79. The second-order valence-corrected chi connectivity index (χ2v) is 6.44. The van der Waals surface area contributed by atoms with Gasteiger partial charge in [-0.25, -0.2) is 0 Å². The first-order chi connectivity index (χ1) is 11.0. The van der Waals surface area contributed by atoms with Crippen LogP contribution in [0.5, 0.6) is 5.75 Å². The zero-order valence-electron chi connectivity index (χ0n) is 14.0. The fraction of sp³-hybridized carbons (Fsp3) is 0.500. The Kier molecular flexibility index (Phi) is 4.41. The van der Waals surface area contributed by atoms with Crippen LogP contribution in [0.4, 0.5) is 0 Å². The largest absolute Gasteiger partial charge is 0.497 e. The monoisotopic (exact) mass is 316 g/mol. The first kappa shape index (κ1) is 16.0. The Morgan fingerprint density at radius 2 is 2.13 bits per heavy atom. The highest BCUT2D eigenvalue weighted by Gasteiger charge is 2.40. The number of ether oxygens (including phenoxy) is 1. The Labute approximate surface area is 136 Å². The van der Waals surface area contributed by atoms with Crippen LogP contribution in [0, 0.1) is 6.92 Å². The molecule has 5 nitrogen and oxygen atoms in total. The third-order valence-electron chi connectivity index (χ3n) is 4.72. The Hall–Kier alpha value is -1.85. The first-order valence-electron chi connectivity index (χ1n) is 8.04. The third-order valence-corrected chi connectivity index (χ3v) is 4.72. The van der Waals surface area contributed by atoms with Crippen LogP contribution in [0.2, 0.25) is 0 Å². The van der Waals surface area contributed by atoms with Crippen molar-refractivity contribution in [3.05, 3.63) is 47.3 Å². The van der Waals surface area contributed by atoms with E-state index in [1.807, 2.05) is 44.2 Å². The molecule has 1 N–H and O–H groups in total. The van der Waals surface area contributed by atoms with Gasteiger partial charge in [0.05, 0.1) is 19.3 Å². The summed E-state index contributed by atoms with van der Waals surface area (Å²) >= 11 is 0. The highest BCUT2D eigenvalue weighted by Crippen LogP contribution is 2.36. The number of benzene rings is 1. The van der Waals surface area contributed by atoms with Gasteiger partial charge in [-0.3, -0.25) is 4.90 Å². The van der Waals surface area contributed by atoms with Crippen molar-refractivity contribution in [1.29, 1.82) is 0 Å². The van der Waals surface area contributed by atoms with Crippen LogP contribution in [0.25, 0.3) is 0 Å². The smallest absolute Gasteiger partial charge is 0.150 e. The molecular weight excluding hydrogens is 292 g/mol. The molecule has 0 radical (unpaired) electrons. The lowest BCUT2D eigenvalue weighted by atomic mass is 9.86. The highest BCUT2D eigenvalue weighted by molar-refractivity contribution is 5.31. The van der Waals surface area contributed by atoms with E-state index in [2.05, 4.69) is 10.1 Å². The Morgan fingerprint density at radius 3 is 2.74 bits per heavy atom. The van der Waals surface area contributed by atoms with Gasteiger partial charge in [-0.15, -0.1) is 0 Å². The van der Waals surface area contributed by atoms with Crippen molar-refractivity contribution in [3.63, 3.8) is 0 Å². The minimum absolute atomic E-state index is 0.0568. The molecule has 0 bridgehead atoms. The molecule has 124 valence electrons. The molecule has 3 rings (SSSR count). The molecule has 1 aromatic carbocycles. The molecule has 2 aromatic rings. The molecular formula is C18H24N2O3. The molecule has 1 aliphatic rings. The number of aliphatic hydroxyl groups is 1. The van der Waals surface area contributed by atoms with E-state index < -0.39 is 5.60 Å². The number of likely N-dealkylation sites (tertiary alicyclic amines) is 1. The van der Waals surface area contributed by atoms with E-state index in [1.54, 1.807) is 7.11 Å². The summed E-state index contributed by atoms with van der Waals surface area (Å²) in [5.41, 5.74) is 0.874. The molecule has 5 heteroatoms. The number of hydrogen-bond acceptors (Lipinski definition) is 5. The summed E-state index contributed by atoms with van der Waals surface area (Å²) in [6.07, 6.45) is 2.04. The predicted molar refractivity (Wildman–Crippen MR) is 87.2 cm³/mol. The van der Waals surface area contributed by atoms with Crippen molar-refractivity contribution in [2.24, 2.45) is 0 Å². The number of aromatic nitrogens is 1. The zero-order chi connectivity index (χ0) is 16.4. The van der Waals surface area contributed by atoms with Crippen LogP contribution in [-0.2, 0) is 12.1 Å². The molecule has 2 atom stereocenters. The van der Waals surface area contributed by atoms with Crippen LogP contribution in [0.15, 0.2) is 34.9 Å². The molecule has 2 heterocycles. The molecule has 0 spiro atoms. The Bertz CT molecular complexity index is 649. The number of aryl methyl sites for hydroxylation is 1. The van der Waals surface area contributed by atoms with Gasteiger partial charge in [-0.1, -0.05) is 17.3 Å². The number of methoxy groups -OCH3 is 1. The van der Waals surface area contributed by atoms with Crippen molar-refractivity contribution in [2.45, 2.75) is 44.9 Å². The third kappa shape index (κ3) is 3.26. The van der Waals surface area contributed by atoms with E-state index >= 15 is 0 Å². The molecule has 23 heavy (non-hydrogen) atoms. The topological polar surface area (TPSA) is 58.7 Å². The molecule has 1 fully saturated rings. The normalized spacial score (nSPS) is 21.3. The van der Waals surface area contributed by atoms with Gasteiger partial charge in [0.2, 0.25) is 0 Å². The van der Waals surface area contributed by atoms with E-state index in [0.717, 1.165) is 42.2 Å². The standard InChI is InChI=1S/C18H24N2O3/c1-13-11-16(23-19-13)12-20-10-4-5-17(20)18(2,21)14-6-8-15(22-3)9-7-14/h6-9,11,17,21H,4-5,10,12H2,1-3H3/t17-,18+/m1/s1. The second-order valence-electron chi connectivity index (χ2n) is 6.44. The average Bonchev–Trinajstić information content (AvgIpc) is 3.17. The minimum Gasteiger partial charge on any atom is -0.497 e. The predicted octanol–water partition coefficient (Wildman–Crippen LogP) is 2.86. The SMILES string of the molecule is COc1ccc([C@](C)(O)[C@H]2CCCN2Cc2cc(C)no2)cc1. The summed E-state index contributed by atoms with van der Waals surface area (Å²) in [6.45, 7) is 5.44. The second kappa shape index (κ2) is 6.34. The van der Waals surface area contributed by atoms with Crippen LogP contribution < -0.4 is 4.74 Å². The van der Waals surface area contributed by atoms with Crippen molar-refractivity contribution in [2.75, 3.05) is 13.7 Å². The average molecular weight is 316 g/mol. The number of nitrogens with zero attached hydrogens (tertiary/aromatic N) is 2. The van der Waals surface area contributed by atoms with Gasteiger partial charge < -0.3 is 14.4 Å². The lowest BCUT2D eigenvalue weighted by Crippen LogP contribution is -2.45. The first-order valence-corrected chi connectivity index (χ1v) is 8.04. The quantitative estimate of drug-likeness (QED) is 0.919. The number of hydrogen-bond donors (Lipinski definition) is 1. The van der Waals surface area contributed by atoms with E-state index in [1.165, 1.54) is 0 Å². The van der Waals surface area contributed by atoms with Gasteiger partial charge in [-0.2, -0.15) is 0 Å². The van der Waals surface area contributed by atoms with Crippen LogP contribution in [0.1, 0.15) is 36.8 Å². The summed E-state index contributed by atoms with van der Waals surface area (Å²) in [5, 5.41) is 15.1. The number of rotatable bonds is 5. The maximum atomic E-state index is 11.2. The van der Waals surface area contributed by atoms with Crippen LogP contribution in [0.3, 0.4) is 0 Å². The Morgan fingerprint density at radius 1 is 1.39 bits per heavy atom. The van der Waals surface area contributed by atoms with Crippen LogP contribution in [-0.4, -0.2) is 34.9 Å². The molecule has 1 aromatic heterocycles. The van der Waals surface area contributed by atoms with E-state index in [9.17, 15) is 5.11 Å². The van der Waals surface area contributed by atoms with Gasteiger partial charge >= 0.3 is 0 Å². The lowest BCUT2D eigenvalue weighted by molar-refractivity contribution is -0.0274. The van der Waals surface area contributed by atoms with Crippen molar-refractivity contribution in [1.82, 2.24) is 10.1 Å². The molecule has 0 aliphatic carbocycles. The van der Waals surface area contributed by atoms with Crippen molar-refractivity contribution < 1.29 is 14.4 Å². The van der Waals surface area contributed by atoms with Crippen LogP contribution >= 0.6 is 0 Å². The van der Waals surface area contributed by atoms with E-state index in [-0.39, 0.29) is 6.04 Å². The maximum Gasteiger partial charge on any atom is 0.150 e.